The van der Waals surface area contributed by atoms with E-state index in [9.17, 15) is 0 Å². The average molecular weight is 740 g/mol. The van der Waals surface area contributed by atoms with Gasteiger partial charge in [-0.2, -0.15) is 0 Å². The number of benzene rings is 10. The zero-order valence-electron chi connectivity index (χ0n) is 31.7. The van der Waals surface area contributed by atoms with Crippen molar-refractivity contribution < 1.29 is 4.42 Å². The zero-order chi connectivity index (χ0) is 38.4. The predicted molar refractivity (Wildman–Crippen MR) is 245 cm³/mol. The Hall–Kier alpha value is -7.68. The lowest BCUT2D eigenvalue weighted by Gasteiger charge is -2.26. The summed E-state index contributed by atoms with van der Waals surface area (Å²) >= 11 is 0. The molecule has 0 aliphatic rings. The molecule has 0 radical (unpaired) electrons. The Morgan fingerprint density at radius 1 is 0.276 bits per heavy atom. The Morgan fingerprint density at radius 3 is 1.38 bits per heavy atom. The Morgan fingerprint density at radius 2 is 0.759 bits per heavy atom. The van der Waals surface area contributed by atoms with E-state index in [4.69, 9.17) is 4.42 Å². The molecule has 11 rings (SSSR count). The molecule has 0 amide bonds. The van der Waals surface area contributed by atoms with Crippen LogP contribution in [0.15, 0.2) is 229 Å². The molecule has 2 heteroatoms. The predicted octanol–water partition coefficient (Wildman–Crippen LogP) is 16.0. The van der Waals surface area contributed by atoms with Crippen LogP contribution in [0.4, 0.5) is 17.1 Å². The lowest BCUT2D eigenvalue weighted by Crippen LogP contribution is -2.09. The lowest BCUT2D eigenvalue weighted by molar-refractivity contribution is 0.669. The van der Waals surface area contributed by atoms with Gasteiger partial charge in [-0.1, -0.05) is 164 Å². The molecule has 0 fully saturated rings. The van der Waals surface area contributed by atoms with Crippen molar-refractivity contribution in [3.8, 4) is 44.5 Å². The maximum atomic E-state index is 6.54. The molecule has 2 nitrogen and oxygen atoms in total. The monoisotopic (exact) mass is 739 g/mol. The van der Waals surface area contributed by atoms with Crippen molar-refractivity contribution in [3.05, 3.63) is 224 Å². The Balaban J connectivity index is 1.01. The molecular weight excluding hydrogens is 703 g/mol. The standard InChI is InChI=1S/C56H37NO/c1-3-11-38(12-4-1)41-21-28-47(29-22-41)57(48-30-23-42(24-31-48)39-13-5-2-6-14-39)49-32-25-43(26-33-49)45-27-34-50-52(46-20-19-40-15-7-8-16-44(40)35-46)37-55-56(53(50)36-45)51-17-9-10-18-54(51)58-55/h1-37H. The third-order valence-corrected chi connectivity index (χ3v) is 11.5. The average Bonchev–Trinajstić information content (AvgIpc) is 3.69. The minimum atomic E-state index is 0.900. The molecule has 0 bridgehead atoms. The molecule has 1 aromatic heterocycles. The van der Waals surface area contributed by atoms with Gasteiger partial charge in [-0.3, -0.25) is 0 Å². The summed E-state index contributed by atoms with van der Waals surface area (Å²) in [6, 6.07) is 80.6. The number of hydrogen-bond acceptors (Lipinski definition) is 2. The van der Waals surface area contributed by atoms with Crippen molar-refractivity contribution in [2.24, 2.45) is 0 Å². The number of anilines is 3. The van der Waals surface area contributed by atoms with Gasteiger partial charge in [-0.15, -0.1) is 0 Å². The Labute approximate surface area is 337 Å². The van der Waals surface area contributed by atoms with Gasteiger partial charge in [0, 0.05) is 27.8 Å². The highest BCUT2D eigenvalue weighted by Crippen LogP contribution is 2.43. The van der Waals surface area contributed by atoms with E-state index in [1.165, 1.54) is 54.9 Å². The van der Waals surface area contributed by atoms with Gasteiger partial charge in [0.05, 0.1) is 0 Å². The minimum absolute atomic E-state index is 0.900. The molecular formula is C56H37NO. The normalized spacial score (nSPS) is 11.4. The summed E-state index contributed by atoms with van der Waals surface area (Å²) in [6.07, 6.45) is 0. The molecule has 58 heavy (non-hydrogen) atoms. The first-order valence-electron chi connectivity index (χ1n) is 19.8. The third kappa shape index (κ3) is 6.00. The Kier molecular flexibility index (Phi) is 8.19. The smallest absolute Gasteiger partial charge is 0.136 e. The SMILES string of the molecule is c1ccc(-c2ccc(N(c3ccc(-c4ccccc4)cc3)c3ccc(-c4ccc5c(-c6ccc7ccccc7c6)cc6oc7ccccc7c6c5c4)cc3)cc2)cc1. The van der Waals surface area contributed by atoms with Gasteiger partial charge in [0.15, 0.2) is 0 Å². The second-order valence-corrected chi connectivity index (χ2v) is 14.9. The van der Waals surface area contributed by atoms with Crippen LogP contribution in [0.3, 0.4) is 0 Å². The number of hydrogen-bond donors (Lipinski definition) is 0. The van der Waals surface area contributed by atoms with Crippen LogP contribution in [0.2, 0.25) is 0 Å². The number of rotatable bonds is 7. The van der Waals surface area contributed by atoms with Gasteiger partial charge in [0.2, 0.25) is 0 Å². The largest absolute Gasteiger partial charge is 0.456 e. The van der Waals surface area contributed by atoms with Gasteiger partial charge in [-0.25, -0.2) is 0 Å². The van der Waals surface area contributed by atoms with E-state index in [1.807, 2.05) is 6.07 Å². The van der Waals surface area contributed by atoms with E-state index in [0.29, 0.717) is 0 Å². The molecule has 0 saturated heterocycles. The maximum Gasteiger partial charge on any atom is 0.136 e. The van der Waals surface area contributed by atoms with Crippen LogP contribution in [-0.2, 0) is 0 Å². The quantitative estimate of drug-likeness (QED) is 0.162. The van der Waals surface area contributed by atoms with E-state index < -0.39 is 0 Å². The fourth-order valence-electron chi connectivity index (χ4n) is 8.53. The van der Waals surface area contributed by atoms with Crippen molar-refractivity contribution in [3.63, 3.8) is 0 Å². The molecule has 272 valence electrons. The van der Waals surface area contributed by atoms with E-state index in [2.05, 4.69) is 223 Å². The number of nitrogens with zero attached hydrogens (tertiary/aromatic N) is 1. The van der Waals surface area contributed by atoms with Crippen LogP contribution >= 0.6 is 0 Å². The Bertz CT molecular complexity index is 3150. The number of fused-ring (bicyclic) bond motifs is 6. The van der Waals surface area contributed by atoms with Gasteiger partial charge < -0.3 is 9.32 Å². The van der Waals surface area contributed by atoms with Gasteiger partial charge >= 0.3 is 0 Å². The number of furan rings is 1. The molecule has 0 aliphatic heterocycles. The molecule has 0 N–H and O–H groups in total. The highest BCUT2D eigenvalue weighted by Gasteiger charge is 2.18. The summed E-state index contributed by atoms with van der Waals surface area (Å²) in [6.45, 7) is 0. The number of para-hydroxylation sites is 1. The van der Waals surface area contributed by atoms with Crippen LogP contribution in [0.1, 0.15) is 0 Å². The highest BCUT2D eigenvalue weighted by atomic mass is 16.3. The van der Waals surface area contributed by atoms with Crippen LogP contribution in [0.25, 0.3) is 88.0 Å². The van der Waals surface area contributed by atoms with Gasteiger partial charge in [0.25, 0.3) is 0 Å². The lowest BCUT2D eigenvalue weighted by atomic mass is 9.91. The zero-order valence-corrected chi connectivity index (χ0v) is 31.7. The van der Waals surface area contributed by atoms with Crippen molar-refractivity contribution in [2.45, 2.75) is 0 Å². The molecule has 11 aromatic rings. The summed E-state index contributed by atoms with van der Waals surface area (Å²) in [5.74, 6) is 0. The maximum absolute atomic E-state index is 6.54. The van der Waals surface area contributed by atoms with Crippen molar-refractivity contribution in [2.75, 3.05) is 4.90 Å². The topological polar surface area (TPSA) is 16.4 Å². The first kappa shape index (κ1) is 33.6. The first-order chi connectivity index (χ1) is 28.7. The summed E-state index contributed by atoms with van der Waals surface area (Å²) in [5, 5.41) is 7.13. The van der Waals surface area contributed by atoms with E-state index >= 15 is 0 Å². The third-order valence-electron chi connectivity index (χ3n) is 11.5. The van der Waals surface area contributed by atoms with Crippen LogP contribution < -0.4 is 4.90 Å². The van der Waals surface area contributed by atoms with Gasteiger partial charge in [0.1, 0.15) is 11.2 Å². The van der Waals surface area contributed by atoms with E-state index in [1.54, 1.807) is 0 Å². The fraction of sp³-hybridized carbons (Fsp3) is 0. The van der Waals surface area contributed by atoms with Crippen LogP contribution in [-0.4, -0.2) is 0 Å². The summed E-state index contributed by atoms with van der Waals surface area (Å²) in [5.41, 5.74) is 14.5. The summed E-state index contributed by atoms with van der Waals surface area (Å²) in [4.78, 5) is 2.34. The van der Waals surface area contributed by atoms with E-state index in [0.717, 1.165) is 50.1 Å². The van der Waals surface area contributed by atoms with Crippen molar-refractivity contribution >= 4 is 60.5 Å². The fourth-order valence-corrected chi connectivity index (χ4v) is 8.53. The van der Waals surface area contributed by atoms with Crippen LogP contribution in [0, 0.1) is 0 Å². The molecule has 0 atom stereocenters. The minimum Gasteiger partial charge on any atom is -0.456 e. The van der Waals surface area contributed by atoms with Crippen molar-refractivity contribution in [1.29, 1.82) is 0 Å². The molecule has 1 heterocycles. The molecule has 10 aromatic carbocycles. The summed E-state index contributed by atoms with van der Waals surface area (Å²) in [7, 11) is 0. The summed E-state index contributed by atoms with van der Waals surface area (Å²) < 4.78 is 6.54. The second-order valence-electron chi connectivity index (χ2n) is 14.9. The highest BCUT2D eigenvalue weighted by molar-refractivity contribution is 6.22. The molecule has 0 unspecified atom stereocenters. The second kappa shape index (κ2) is 14.1. The van der Waals surface area contributed by atoms with E-state index in [-0.39, 0.29) is 0 Å². The molecule has 0 saturated carbocycles. The van der Waals surface area contributed by atoms with Gasteiger partial charge in [-0.05, 0) is 127 Å². The van der Waals surface area contributed by atoms with Crippen LogP contribution in [0.5, 0.6) is 0 Å². The molecule has 0 aliphatic carbocycles. The van der Waals surface area contributed by atoms with Crippen molar-refractivity contribution in [1.82, 2.24) is 0 Å². The first-order valence-corrected chi connectivity index (χ1v) is 19.8. The molecule has 0 spiro atoms.